The van der Waals surface area contributed by atoms with Crippen LogP contribution in [0.2, 0.25) is 0 Å². The number of aromatic hydroxyl groups is 1. The molecule has 3 aromatic carbocycles. The number of nitrogens with zero attached hydrogens (tertiary/aromatic N) is 1. The molecule has 1 aliphatic rings. The predicted octanol–water partition coefficient (Wildman–Crippen LogP) is -0.786. The number of nitrogens with one attached hydrogen (secondary N) is 11. The third-order valence-corrected chi connectivity index (χ3v) is 15.9. The first-order chi connectivity index (χ1) is 45.8. The molecule has 0 bridgehead atoms. The summed E-state index contributed by atoms with van der Waals surface area (Å²) in [5.74, 6) is -15.0. The number of thiol groups is 2. The zero-order valence-electron chi connectivity index (χ0n) is 55.0. The zero-order chi connectivity index (χ0) is 72.2. The maximum atomic E-state index is 14.2. The number of phenols is 1. The fraction of sp³-hybridized carbons (Fsp3) is 0.508. The fourth-order valence-electron chi connectivity index (χ4n) is 10.1. The van der Waals surface area contributed by atoms with Crippen LogP contribution in [0.4, 0.5) is 0 Å². The Morgan fingerprint density at radius 3 is 1.57 bits per heavy atom. The van der Waals surface area contributed by atoms with Gasteiger partial charge in [-0.1, -0.05) is 89.2 Å². The molecule has 530 valence electrons. The smallest absolute Gasteiger partial charge is 0.305 e. The lowest BCUT2D eigenvalue weighted by Gasteiger charge is -2.30. The number of phenolic OH excluding ortho intramolecular Hbond substituents is 1. The van der Waals surface area contributed by atoms with Crippen LogP contribution in [0.5, 0.6) is 5.75 Å². The van der Waals surface area contributed by atoms with E-state index in [9.17, 15) is 87.5 Å². The summed E-state index contributed by atoms with van der Waals surface area (Å²) in [5.41, 5.74) is 2.50. The monoisotopic (exact) mass is 1390 g/mol. The minimum atomic E-state index is -1.87. The molecule has 97 heavy (non-hydrogen) atoms. The van der Waals surface area contributed by atoms with Crippen LogP contribution in [-0.2, 0) is 68.7 Å². The van der Waals surface area contributed by atoms with Gasteiger partial charge in [-0.2, -0.15) is 25.3 Å². The number of rotatable bonds is 38. The molecule has 32 heteroatoms. The molecule has 30 nitrogen and oxygen atoms in total. The number of carbonyl (C=O) groups excluding carboxylic acids is 12. The van der Waals surface area contributed by atoms with Gasteiger partial charge in [0.2, 0.25) is 65.0 Å². The predicted molar refractivity (Wildman–Crippen MR) is 360 cm³/mol. The molecule has 4 rings (SSSR count). The largest absolute Gasteiger partial charge is 0.508 e. The second-order valence-corrected chi connectivity index (χ2v) is 25.0. The van der Waals surface area contributed by atoms with Gasteiger partial charge in [-0.15, -0.1) is 0 Å². The molecule has 11 atom stereocenters. The van der Waals surface area contributed by atoms with Crippen LogP contribution in [0.15, 0.2) is 78.9 Å². The number of benzene rings is 3. The molecule has 15 N–H and O–H groups in total. The molecule has 0 saturated carbocycles. The lowest BCUT2D eigenvalue weighted by molar-refractivity contribution is -0.142. The summed E-state index contributed by atoms with van der Waals surface area (Å²) in [5, 5.41) is 66.5. The Bertz CT molecular complexity index is 3250. The number of likely N-dealkylation sites (tertiary alicyclic amines) is 1. The number of aliphatic carboxylic acids is 2. The van der Waals surface area contributed by atoms with Crippen molar-refractivity contribution in [3.63, 3.8) is 0 Å². The molecule has 0 aromatic heterocycles. The number of carboxylic acid groups (broad SMARTS) is 2. The molecule has 1 saturated heterocycles. The Labute approximate surface area is 572 Å². The Morgan fingerprint density at radius 1 is 0.526 bits per heavy atom. The second-order valence-electron chi connectivity index (χ2n) is 24.2. The average Bonchev–Trinajstić information content (AvgIpc) is 1.75. The van der Waals surface area contributed by atoms with E-state index in [0.29, 0.717) is 24.0 Å². The van der Waals surface area contributed by atoms with Crippen LogP contribution in [-0.4, -0.2) is 206 Å². The molecule has 0 spiro atoms. The van der Waals surface area contributed by atoms with Crippen LogP contribution in [0, 0.1) is 11.8 Å². The summed E-state index contributed by atoms with van der Waals surface area (Å²) in [4.78, 5) is 189. The van der Waals surface area contributed by atoms with E-state index >= 15 is 0 Å². The molecule has 1 unspecified atom stereocenters. The van der Waals surface area contributed by atoms with Crippen LogP contribution in [0.3, 0.4) is 0 Å². The van der Waals surface area contributed by atoms with Crippen LogP contribution >= 0.6 is 25.3 Å². The summed E-state index contributed by atoms with van der Waals surface area (Å²) in [6.07, 6.45) is -2.40. The number of aliphatic hydroxyl groups is 1. The van der Waals surface area contributed by atoms with Crippen LogP contribution in [0.1, 0.15) is 109 Å². The Balaban J connectivity index is 1.40. The zero-order valence-corrected chi connectivity index (χ0v) is 56.8. The van der Waals surface area contributed by atoms with Crippen LogP contribution in [0.25, 0.3) is 11.1 Å². The van der Waals surface area contributed by atoms with Crippen molar-refractivity contribution < 1.29 is 87.5 Å². The maximum absolute atomic E-state index is 14.2. The summed E-state index contributed by atoms with van der Waals surface area (Å²) in [6.45, 7) is 10.7. The molecule has 3 aromatic rings. The molecule has 1 aliphatic heterocycles. The highest BCUT2D eigenvalue weighted by atomic mass is 32.1. The fourth-order valence-corrected chi connectivity index (χ4v) is 10.6. The minimum Gasteiger partial charge on any atom is -0.508 e. The SMILES string of the molecule is CCCNC(=O)[C@H](CC(=O)O)NC(=O)[C@H](CC(C)C)NC(=O)[C@H](CS)NC(=O)[C@@H](NC(=O)CNC(=O)[C@H](Cc1ccc(O)cc1)NC(=O)[C@H](C)NC(=O)[C@H](CC(=O)O)NC(=O)[C@H](CS)NC(=O)[C@@H]1CCCN1C(=O)[C@H](CC(C)C)NC(=O)c1ccc(-c2ccccc2)cc1)C(C)O. The normalized spacial score (nSPS) is 15.8. The van der Waals surface area contributed by atoms with E-state index in [1.807, 2.05) is 44.2 Å². The topological polar surface area (TPSA) is 455 Å². The van der Waals surface area contributed by atoms with E-state index in [1.165, 1.54) is 36.1 Å². The number of carbonyl (C=O) groups is 14. The van der Waals surface area contributed by atoms with Crippen molar-refractivity contribution in [3.05, 3.63) is 90.0 Å². The van der Waals surface area contributed by atoms with E-state index in [-0.39, 0.29) is 67.9 Å². The van der Waals surface area contributed by atoms with Gasteiger partial charge in [-0.3, -0.25) is 67.1 Å². The van der Waals surface area contributed by atoms with Gasteiger partial charge in [0.05, 0.1) is 25.5 Å². The van der Waals surface area contributed by atoms with Crippen molar-refractivity contribution in [1.82, 2.24) is 63.4 Å². The van der Waals surface area contributed by atoms with Crippen molar-refractivity contribution in [2.45, 2.75) is 166 Å². The van der Waals surface area contributed by atoms with Crippen molar-refractivity contribution in [3.8, 4) is 16.9 Å². The van der Waals surface area contributed by atoms with Gasteiger partial charge in [0, 0.05) is 36.6 Å². The summed E-state index contributed by atoms with van der Waals surface area (Å²) in [7, 11) is 0. The van der Waals surface area contributed by atoms with E-state index in [4.69, 9.17) is 0 Å². The Morgan fingerprint density at radius 2 is 1.02 bits per heavy atom. The highest BCUT2D eigenvalue weighted by molar-refractivity contribution is 7.80. The molecular weight excluding hydrogens is 1300 g/mol. The van der Waals surface area contributed by atoms with Gasteiger partial charge >= 0.3 is 11.9 Å². The summed E-state index contributed by atoms with van der Waals surface area (Å²) < 4.78 is 0. The summed E-state index contributed by atoms with van der Waals surface area (Å²) in [6, 6.07) is 7.06. The number of aliphatic hydroxyl groups excluding tert-OH is 1. The van der Waals surface area contributed by atoms with E-state index in [0.717, 1.165) is 18.1 Å². The first-order valence-electron chi connectivity index (χ1n) is 31.7. The second kappa shape index (κ2) is 39.7. The number of hydrogen-bond acceptors (Lipinski definition) is 18. The third-order valence-electron chi connectivity index (χ3n) is 15.2. The molecule has 1 fully saturated rings. The first-order valence-corrected chi connectivity index (χ1v) is 33.0. The number of carboxylic acids is 2. The highest BCUT2D eigenvalue weighted by Gasteiger charge is 2.41. The van der Waals surface area contributed by atoms with E-state index in [1.54, 1.807) is 45.0 Å². The minimum absolute atomic E-state index is 0.000980. The average molecular weight is 1390 g/mol. The van der Waals surface area contributed by atoms with Gasteiger partial charge in [-0.25, -0.2) is 0 Å². The quantitative estimate of drug-likeness (QED) is 0.0313. The van der Waals surface area contributed by atoms with E-state index in [2.05, 4.69) is 83.7 Å². The lowest BCUT2D eigenvalue weighted by atomic mass is 10.0. The molecular formula is C65H90N12O18S2. The van der Waals surface area contributed by atoms with Gasteiger partial charge in [0.1, 0.15) is 66.2 Å². The van der Waals surface area contributed by atoms with E-state index < -0.39 is 169 Å². The number of amides is 12. The highest BCUT2D eigenvalue weighted by Crippen LogP contribution is 2.23. The lowest BCUT2D eigenvalue weighted by Crippen LogP contribution is -2.61. The first kappa shape index (κ1) is 80.1. The van der Waals surface area contributed by atoms with Crippen molar-refractivity contribution in [2.24, 2.45) is 11.8 Å². The molecule has 12 amide bonds. The van der Waals surface area contributed by atoms with Crippen LogP contribution < -0.4 is 58.5 Å². The maximum Gasteiger partial charge on any atom is 0.305 e. The van der Waals surface area contributed by atoms with Gasteiger partial charge in [0.15, 0.2) is 0 Å². The van der Waals surface area contributed by atoms with Crippen molar-refractivity contribution in [2.75, 3.05) is 31.1 Å². The van der Waals surface area contributed by atoms with Gasteiger partial charge in [0.25, 0.3) is 5.91 Å². The van der Waals surface area contributed by atoms with Crippen molar-refractivity contribution >= 4 is 108 Å². The van der Waals surface area contributed by atoms with Gasteiger partial charge in [-0.05, 0) is 98.7 Å². The Kier molecular flexibility index (Phi) is 32.8. The van der Waals surface area contributed by atoms with Gasteiger partial charge < -0.3 is 83.8 Å². The number of hydrogen-bond donors (Lipinski definition) is 17. The summed E-state index contributed by atoms with van der Waals surface area (Å²) >= 11 is 8.39. The third kappa shape index (κ3) is 26.3. The standard InChI is InChI=1S/C65H90N12O18S2/c1-8-24-66-57(87)45(29-52(81)82)71-60(90)43(26-34(2)3)70-62(92)49(33-97)75-64(94)54(37(7)78)76-51(80)31-67-58(88)44(28-38-16-22-42(79)23-17-38)69-55(85)36(6)68-59(89)46(30-53(83)84)72-61(91)48(32-96)74-63(93)50-15-12-25-77(50)65(95)47(27-35(4)5)73-56(86)41-20-18-40(19-21-41)39-13-10-9-11-14-39/h9-11,13-14,16-23,34-37,43-50,54,78-79,96-97H,8,12,15,24-33H2,1-7H3,(H,66,87)(H,67,88)(H,68,89)(H,69,85)(H,70,92)(H,71,90)(H,72,91)(H,73,86)(H,74,93)(H,75,94)(H,76,80)(H,81,82)(H,83,84)/t36-,37?,43-,44-,45-,46-,47-,48-,49-,50-,54-/m0/s1. The Hall–Kier alpha value is -9.30. The molecule has 0 aliphatic carbocycles. The molecule has 0 radical (unpaired) electrons. The van der Waals surface area contributed by atoms with Crippen molar-refractivity contribution in [1.29, 1.82) is 0 Å². The molecule has 1 heterocycles.